The molecule has 2 saturated heterocycles. The predicted octanol–water partition coefficient (Wildman–Crippen LogP) is 1.60. The van der Waals surface area contributed by atoms with Crippen molar-refractivity contribution in [1.82, 2.24) is 5.06 Å². The summed E-state index contributed by atoms with van der Waals surface area (Å²) in [4.78, 5) is 5.86. The van der Waals surface area contributed by atoms with Gasteiger partial charge in [0, 0.05) is 29.9 Å². The molecule has 0 bridgehead atoms. The number of piperidine rings is 1. The lowest BCUT2D eigenvalue weighted by molar-refractivity contribution is -0.186. The van der Waals surface area contributed by atoms with E-state index in [1.807, 2.05) is 0 Å². The third-order valence-corrected chi connectivity index (χ3v) is 5.42. The van der Waals surface area contributed by atoms with Crippen LogP contribution in [0, 0.1) is 0 Å². The Morgan fingerprint density at radius 3 is 3.21 bits per heavy atom. The lowest BCUT2D eigenvalue weighted by Crippen LogP contribution is -2.60. The van der Waals surface area contributed by atoms with Crippen LogP contribution in [0.4, 0.5) is 5.69 Å². The third-order valence-electron chi connectivity index (χ3n) is 4.53. The van der Waals surface area contributed by atoms with Gasteiger partial charge in [-0.15, -0.1) is 11.8 Å². The van der Waals surface area contributed by atoms with Gasteiger partial charge in [0.2, 0.25) is 0 Å². The maximum atomic E-state index is 6.40. The molecule has 0 radical (unpaired) electrons. The molecule has 3 aliphatic rings. The maximum Gasteiger partial charge on any atom is 0.114 e. The van der Waals surface area contributed by atoms with E-state index >= 15 is 0 Å². The van der Waals surface area contributed by atoms with Crippen LogP contribution < -0.4 is 11.1 Å². The number of nitrogens with one attached hydrogen (secondary N) is 1. The van der Waals surface area contributed by atoms with Crippen molar-refractivity contribution in [3.8, 4) is 0 Å². The first-order valence-electron chi connectivity index (χ1n) is 6.93. The normalized spacial score (nSPS) is 37.7. The van der Waals surface area contributed by atoms with Crippen molar-refractivity contribution in [2.24, 2.45) is 5.73 Å². The molecule has 4 nitrogen and oxygen atoms in total. The predicted molar refractivity (Wildman–Crippen MR) is 78.1 cm³/mol. The van der Waals surface area contributed by atoms with E-state index in [0.717, 1.165) is 24.7 Å². The number of rotatable bonds is 0. The molecule has 4 atom stereocenters. The Hall–Kier alpha value is -0.750. The number of hydrogen-bond donors (Lipinski definition) is 2. The zero-order chi connectivity index (χ0) is 12.8. The zero-order valence-corrected chi connectivity index (χ0v) is 11.6. The van der Waals surface area contributed by atoms with Gasteiger partial charge in [0.25, 0.3) is 0 Å². The number of benzene rings is 1. The smallest absolute Gasteiger partial charge is 0.114 e. The standard InChI is InChI=1S/C14H19N3OS/c15-11-7-19-8-18-17-6-5-10-9-3-1-2-4-12(9)16-13(10)14(11)17/h1-4,10-11,13-14,16H,5-8,15H2/t10?,11-,13?,14+/m1/s1. The van der Waals surface area contributed by atoms with Crippen LogP contribution in [0.2, 0.25) is 0 Å². The van der Waals surface area contributed by atoms with Crippen molar-refractivity contribution in [2.45, 2.75) is 30.5 Å². The van der Waals surface area contributed by atoms with Gasteiger partial charge in [-0.2, -0.15) is 5.06 Å². The SMILES string of the molecule is N[C@@H]1CSCON2CCC3c4ccccc4NC3[C@H]12. The zero-order valence-electron chi connectivity index (χ0n) is 10.8. The van der Waals surface area contributed by atoms with E-state index in [0.29, 0.717) is 12.0 Å². The van der Waals surface area contributed by atoms with Crippen LogP contribution in [-0.4, -0.2) is 41.4 Å². The lowest BCUT2D eigenvalue weighted by atomic mass is 9.82. The van der Waals surface area contributed by atoms with Gasteiger partial charge >= 0.3 is 0 Å². The monoisotopic (exact) mass is 277 g/mol. The van der Waals surface area contributed by atoms with Gasteiger partial charge in [0.1, 0.15) is 5.94 Å². The number of fused-ring (bicyclic) bond motifs is 5. The fourth-order valence-electron chi connectivity index (χ4n) is 3.70. The molecule has 1 aromatic carbocycles. The molecular formula is C14H19N3OS. The quantitative estimate of drug-likeness (QED) is 0.754. The van der Waals surface area contributed by atoms with E-state index in [9.17, 15) is 0 Å². The summed E-state index contributed by atoms with van der Waals surface area (Å²) in [6.45, 7) is 0.982. The van der Waals surface area contributed by atoms with Crippen molar-refractivity contribution < 1.29 is 4.84 Å². The number of nitrogens with zero attached hydrogens (tertiary/aromatic N) is 1. The average Bonchev–Trinajstić information content (AvgIpc) is 2.70. The van der Waals surface area contributed by atoms with Crippen molar-refractivity contribution in [1.29, 1.82) is 0 Å². The van der Waals surface area contributed by atoms with Crippen LogP contribution in [-0.2, 0) is 4.84 Å². The first-order chi connectivity index (χ1) is 9.34. The molecule has 1 aromatic rings. The highest BCUT2D eigenvalue weighted by atomic mass is 32.2. The molecular weight excluding hydrogens is 258 g/mol. The summed E-state index contributed by atoms with van der Waals surface area (Å²) in [5.74, 6) is 2.28. The minimum atomic E-state index is 0.169. The topological polar surface area (TPSA) is 50.5 Å². The Balaban J connectivity index is 1.68. The molecule has 102 valence electrons. The number of anilines is 1. The van der Waals surface area contributed by atoms with Gasteiger partial charge in [-0.05, 0) is 18.1 Å². The summed E-state index contributed by atoms with van der Waals surface area (Å²) < 4.78 is 0. The van der Waals surface area contributed by atoms with Crippen LogP contribution in [0.15, 0.2) is 24.3 Å². The Morgan fingerprint density at radius 1 is 1.37 bits per heavy atom. The molecule has 0 saturated carbocycles. The highest BCUT2D eigenvalue weighted by molar-refractivity contribution is 7.99. The second-order valence-corrected chi connectivity index (χ2v) is 6.54. The van der Waals surface area contributed by atoms with E-state index in [1.54, 1.807) is 11.8 Å². The molecule has 3 N–H and O–H groups in total. The summed E-state index contributed by atoms with van der Waals surface area (Å²) in [6.07, 6.45) is 1.14. The van der Waals surface area contributed by atoms with Crippen LogP contribution in [0.25, 0.3) is 0 Å². The van der Waals surface area contributed by atoms with Crippen LogP contribution in [0.1, 0.15) is 17.9 Å². The Morgan fingerprint density at radius 2 is 2.26 bits per heavy atom. The summed E-state index contributed by atoms with van der Waals surface area (Å²) >= 11 is 1.79. The molecule has 0 aromatic heterocycles. The average molecular weight is 277 g/mol. The van der Waals surface area contributed by atoms with Crippen molar-refractivity contribution >= 4 is 17.4 Å². The van der Waals surface area contributed by atoms with Crippen molar-refractivity contribution in [2.75, 3.05) is 23.6 Å². The first-order valence-corrected chi connectivity index (χ1v) is 8.08. The molecule has 2 unspecified atom stereocenters. The van der Waals surface area contributed by atoms with Crippen LogP contribution in [0.3, 0.4) is 0 Å². The van der Waals surface area contributed by atoms with Crippen LogP contribution in [0.5, 0.6) is 0 Å². The number of hydrogen-bond acceptors (Lipinski definition) is 5. The molecule has 0 spiro atoms. The second kappa shape index (κ2) is 4.66. The van der Waals surface area contributed by atoms with E-state index in [4.69, 9.17) is 10.6 Å². The van der Waals surface area contributed by atoms with E-state index in [1.165, 1.54) is 11.3 Å². The van der Waals surface area contributed by atoms with Gasteiger partial charge in [0.15, 0.2) is 0 Å². The lowest BCUT2D eigenvalue weighted by Gasteiger charge is -2.43. The van der Waals surface area contributed by atoms with Gasteiger partial charge in [-0.25, -0.2) is 0 Å². The fourth-order valence-corrected chi connectivity index (χ4v) is 4.47. The first kappa shape index (κ1) is 12.0. The summed E-state index contributed by atoms with van der Waals surface area (Å²) in [7, 11) is 0. The Labute approximate surface area is 117 Å². The minimum absolute atomic E-state index is 0.169. The Bertz CT molecular complexity index is 484. The van der Waals surface area contributed by atoms with Crippen molar-refractivity contribution in [3.63, 3.8) is 0 Å². The number of nitrogens with two attached hydrogens (primary N) is 1. The minimum Gasteiger partial charge on any atom is -0.380 e. The highest BCUT2D eigenvalue weighted by Gasteiger charge is 2.46. The second-order valence-electron chi connectivity index (χ2n) is 5.57. The molecule has 2 fully saturated rings. The highest BCUT2D eigenvalue weighted by Crippen LogP contribution is 2.44. The molecule has 19 heavy (non-hydrogen) atoms. The number of thioether (sulfide) groups is 1. The fraction of sp³-hybridized carbons (Fsp3) is 0.571. The van der Waals surface area contributed by atoms with E-state index < -0.39 is 0 Å². The van der Waals surface area contributed by atoms with E-state index in [2.05, 4.69) is 34.6 Å². The molecule has 3 aliphatic heterocycles. The van der Waals surface area contributed by atoms with Gasteiger partial charge in [0.05, 0.1) is 12.1 Å². The van der Waals surface area contributed by atoms with Gasteiger partial charge in [-0.3, -0.25) is 4.84 Å². The van der Waals surface area contributed by atoms with Crippen molar-refractivity contribution in [3.05, 3.63) is 29.8 Å². The van der Waals surface area contributed by atoms with Crippen LogP contribution >= 0.6 is 11.8 Å². The summed E-state index contributed by atoms with van der Waals surface area (Å²) in [6, 6.07) is 9.49. The molecule has 4 rings (SSSR count). The van der Waals surface area contributed by atoms with Gasteiger partial charge in [-0.1, -0.05) is 18.2 Å². The molecule has 0 aliphatic carbocycles. The molecule has 5 heteroatoms. The number of para-hydroxylation sites is 1. The Kier molecular flexibility index (Phi) is 2.95. The largest absolute Gasteiger partial charge is 0.380 e. The third kappa shape index (κ3) is 1.88. The maximum absolute atomic E-state index is 6.40. The molecule has 3 heterocycles. The van der Waals surface area contributed by atoms with Gasteiger partial charge < -0.3 is 11.1 Å². The number of hydroxylamine groups is 2. The molecule has 0 amide bonds. The summed E-state index contributed by atoms with van der Waals surface area (Å²) in [5, 5.41) is 5.81. The summed E-state index contributed by atoms with van der Waals surface area (Å²) in [5.41, 5.74) is 9.13. The van der Waals surface area contributed by atoms with E-state index in [-0.39, 0.29) is 12.1 Å².